The Morgan fingerprint density at radius 3 is 1.93 bits per heavy atom. The molecule has 0 aliphatic carbocycles. The van der Waals surface area contributed by atoms with Crippen molar-refractivity contribution in [3.8, 4) is 17.2 Å². The van der Waals surface area contributed by atoms with Crippen molar-refractivity contribution in [1.82, 2.24) is 4.90 Å². The Hall–Kier alpha value is -0.510. The van der Waals surface area contributed by atoms with Crippen LogP contribution in [0.3, 0.4) is 0 Å². The summed E-state index contributed by atoms with van der Waals surface area (Å²) in [5.74, 6) is 2.31. The first-order valence-corrected chi connectivity index (χ1v) is 16.6. The van der Waals surface area contributed by atoms with Crippen LogP contribution in [0.5, 0.6) is 17.2 Å². The van der Waals surface area contributed by atoms with Crippen molar-refractivity contribution in [2.24, 2.45) is 0 Å². The molecular weight excluding hydrogens is 589 g/mol. The summed E-state index contributed by atoms with van der Waals surface area (Å²) in [4.78, 5) is 2.26. The van der Waals surface area contributed by atoms with E-state index < -0.39 is 17.6 Å². The Kier molecular flexibility index (Phi) is 9.18. The molecule has 7 heteroatoms. The fourth-order valence-corrected chi connectivity index (χ4v) is 9.91. The third-order valence-electron chi connectivity index (χ3n) is 4.27. The van der Waals surface area contributed by atoms with Gasteiger partial charge in [0.2, 0.25) is 0 Å². The Balaban J connectivity index is 2.39. The van der Waals surface area contributed by atoms with Gasteiger partial charge in [0.05, 0.1) is 0 Å². The topological polar surface area (TPSA) is 30.9 Å². The summed E-state index contributed by atoms with van der Waals surface area (Å²) in [7, 11) is 9.25. The maximum absolute atomic E-state index is 5.64. The van der Waals surface area contributed by atoms with Crippen molar-refractivity contribution in [1.29, 1.82) is 0 Å². The number of nitrogens with zero attached hydrogens (tertiary/aromatic N) is 1. The molecule has 0 amide bonds. The summed E-state index contributed by atoms with van der Waals surface area (Å²) >= 11 is 5.67. The Labute approximate surface area is 183 Å². The van der Waals surface area contributed by atoms with Crippen molar-refractivity contribution in [3.05, 3.63) is 49.1 Å². The first kappa shape index (κ1) is 22.8. The molecule has 0 bridgehead atoms. The molecule has 0 aliphatic heterocycles. The normalized spacial score (nSPS) is 12.7. The molecule has 0 aromatic heterocycles. The second-order valence-corrected chi connectivity index (χ2v) is 14.6. The standard InChI is InChI=1S/C20H26Br2INO3/c1-24(2)17(10-11-21)14-6-8-15(9-7-14)23(22)20-18(26-4)12-16(25-3)13-19(20)27-5/h6-9,12-13,17H,10-11H2,1-5H3. The van der Waals surface area contributed by atoms with E-state index in [9.17, 15) is 0 Å². The molecular formula is C20H26Br2INO3. The number of rotatable bonds is 9. The van der Waals surface area contributed by atoms with E-state index in [0.717, 1.165) is 32.6 Å². The van der Waals surface area contributed by atoms with Crippen LogP contribution in [0.15, 0.2) is 36.4 Å². The van der Waals surface area contributed by atoms with Crippen LogP contribution in [0.4, 0.5) is 0 Å². The minimum absolute atomic E-state index is 0.404. The van der Waals surface area contributed by atoms with Crippen LogP contribution in [0.25, 0.3) is 0 Å². The number of alkyl halides is 1. The number of hydrogen-bond donors (Lipinski definition) is 0. The van der Waals surface area contributed by atoms with E-state index in [1.807, 2.05) is 12.1 Å². The quantitative estimate of drug-likeness (QED) is 0.258. The summed E-state index contributed by atoms with van der Waals surface area (Å²) in [6, 6.07) is 13.1. The zero-order valence-corrected chi connectivity index (χ0v) is 21.6. The zero-order valence-electron chi connectivity index (χ0n) is 16.3. The van der Waals surface area contributed by atoms with Crippen LogP contribution in [0.1, 0.15) is 18.0 Å². The van der Waals surface area contributed by atoms with Gasteiger partial charge in [-0.15, -0.1) is 0 Å². The first-order chi connectivity index (χ1) is 13.0. The van der Waals surface area contributed by atoms with Gasteiger partial charge in [-0.3, -0.25) is 0 Å². The van der Waals surface area contributed by atoms with Crippen LogP contribution < -0.4 is 14.2 Å². The van der Waals surface area contributed by atoms with Crippen molar-refractivity contribution in [2.45, 2.75) is 12.5 Å². The molecule has 2 aromatic carbocycles. The molecule has 0 N–H and O–H groups in total. The predicted molar refractivity (Wildman–Crippen MR) is 128 cm³/mol. The van der Waals surface area contributed by atoms with Gasteiger partial charge in [-0.2, -0.15) is 0 Å². The van der Waals surface area contributed by atoms with Gasteiger partial charge in [0.25, 0.3) is 0 Å². The predicted octanol–water partition coefficient (Wildman–Crippen LogP) is 5.96. The molecule has 0 fully saturated rings. The van der Waals surface area contributed by atoms with E-state index in [2.05, 4.69) is 71.9 Å². The van der Waals surface area contributed by atoms with Crippen molar-refractivity contribution in [3.63, 3.8) is 0 Å². The van der Waals surface area contributed by atoms with E-state index in [4.69, 9.17) is 14.2 Å². The SMILES string of the molecule is COc1cc(OC)c(I(Br)c2ccc(C(CCBr)N(C)C)cc2)c(OC)c1. The minimum atomic E-state index is -1.88. The summed E-state index contributed by atoms with van der Waals surface area (Å²) in [6.07, 6.45) is 1.07. The average Bonchev–Trinajstić information content (AvgIpc) is 2.70. The molecule has 0 saturated heterocycles. The molecule has 4 nitrogen and oxygen atoms in total. The Morgan fingerprint density at radius 1 is 0.963 bits per heavy atom. The molecule has 0 aliphatic rings. The van der Waals surface area contributed by atoms with Gasteiger partial charge in [-0.1, -0.05) is 0 Å². The summed E-state index contributed by atoms with van der Waals surface area (Å²) in [5, 5.41) is 0.981. The molecule has 0 saturated carbocycles. The molecule has 2 aromatic rings. The number of methoxy groups -OCH3 is 3. The molecule has 0 heterocycles. The second-order valence-electron chi connectivity index (χ2n) is 6.09. The first-order valence-electron chi connectivity index (χ1n) is 8.45. The van der Waals surface area contributed by atoms with Gasteiger partial charge in [-0.25, -0.2) is 0 Å². The van der Waals surface area contributed by atoms with Crippen LogP contribution >= 0.6 is 46.2 Å². The van der Waals surface area contributed by atoms with Crippen LogP contribution in [0, 0.1) is 7.14 Å². The fourth-order valence-electron chi connectivity index (χ4n) is 2.86. The van der Waals surface area contributed by atoms with Crippen molar-refractivity contribution in [2.75, 3.05) is 40.8 Å². The monoisotopic (exact) mass is 613 g/mol. The number of ether oxygens (including phenoxy) is 3. The Bertz CT molecular complexity index is 716. The summed E-state index contributed by atoms with van der Waals surface area (Å²) < 4.78 is 19.0. The van der Waals surface area contributed by atoms with E-state index in [-0.39, 0.29) is 0 Å². The third kappa shape index (κ3) is 5.52. The fraction of sp³-hybridized carbons (Fsp3) is 0.400. The molecule has 1 atom stereocenters. The molecule has 27 heavy (non-hydrogen) atoms. The zero-order chi connectivity index (χ0) is 20.0. The molecule has 0 radical (unpaired) electrons. The summed E-state index contributed by atoms with van der Waals surface area (Å²) in [6.45, 7) is 0. The maximum atomic E-state index is 5.64. The van der Waals surface area contributed by atoms with Crippen molar-refractivity contribution < 1.29 is 14.2 Å². The molecule has 150 valence electrons. The van der Waals surface area contributed by atoms with Gasteiger partial charge in [0.15, 0.2) is 0 Å². The van der Waals surface area contributed by atoms with Gasteiger partial charge in [0.1, 0.15) is 0 Å². The van der Waals surface area contributed by atoms with Gasteiger partial charge in [0, 0.05) is 0 Å². The number of benzene rings is 2. The van der Waals surface area contributed by atoms with E-state index in [1.165, 1.54) is 9.13 Å². The Morgan fingerprint density at radius 2 is 1.52 bits per heavy atom. The molecule has 1 unspecified atom stereocenters. The molecule has 0 spiro atoms. The van der Waals surface area contributed by atoms with E-state index in [0.29, 0.717) is 6.04 Å². The van der Waals surface area contributed by atoms with Crippen LogP contribution in [-0.4, -0.2) is 45.7 Å². The van der Waals surface area contributed by atoms with E-state index in [1.54, 1.807) is 21.3 Å². The van der Waals surface area contributed by atoms with Crippen LogP contribution in [0.2, 0.25) is 0 Å². The average molecular weight is 615 g/mol. The summed E-state index contributed by atoms with van der Waals surface area (Å²) in [5.41, 5.74) is 1.33. The molecule has 2 rings (SSSR count). The van der Waals surface area contributed by atoms with Crippen molar-refractivity contribution >= 4 is 46.2 Å². The number of halogens is 3. The van der Waals surface area contributed by atoms with Crippen LogP contribution in [-0.2, 0) is 0 Å². The third-order valence-corrected chi connectivity index (χ3v) is 12.9. The number of hydrogen-bond acceptors (Lipinski definition) is 4. The van der Waals surface area contributed by atoms with Gasteiger partial charge in [-0.05, 0) is 0 Å². The van der Waals surface area contributed by atoms with E-state index >= 15 is 0 Å². The second kappa shape index (κ2) is 10.9. The van der Waals surface area contributed by atoms with Gasteiger partial charge < -0.3 is 0 Å². The van der Waals surface area contributed by atoms with Gasteiger partial charge >= 0.3 is 185 Å².